The minimum Gasteiger partial charge on any atom is -0.489 e. The highest BCUT2D eigenvalue weighted by atomic mass is 35.5. The molecule has 1 aliphatic heterocycles. The standard InChI is InChI=1S/C31H39ClN4O9S.2ClH/c1-4-28(37)43-21-44-31(39)34-30(33)23-10-6-8-22(18-23)9-7-15-36(46(40,41)20-29(38)42-5-2)24-11-12-27(26(32)19-24)45-25-13-16-35(3)17-14-25;;/h6-12,18-19,25H,4-5,13-17,20-21H2,1-3H3,(H2,33,34,39);2*1H/b9-7+;;. The van der Waals surface area contributed by atoms with Gasteiger partial charge < -0.3 is 29.6 Å². The maximum Gasteiger partial charge on any atom is 0.438 e. The van der Waals surface area contributed by atoms with Crippen LogP contribution in [0.25, 0.3) is 6.08 Å². The zero-order valence-electron chi connectivity index (χ0n) is 26.8. The number of nitrogens with two attached hydrogens (primary N) is 1. The molecule has 0 atom stereocenters. The average molecular weight is 752 g/mol. The van der Waals surface area contributed by atoms with Crippen LogP contribution in [0.15, 0.2) is 53.5 Å². The van der Waals surface area contributed by atoms with Crippen molar-refractivity contribution in [2.45, 2.75) is 39.2 Å². The van der Waals surface area contributed by atoms with E-state index in [0.29, 0.717) is 16.9 Å². The molecule has 0 aromatic heterocycles. The van der Waals surface area contributed by atoms with Gasteiger partial charge in [0.1, 0.15) is 17.7 Å². The summed E-state index contributed by atoms with van der Waals surface area (Å²) in [6, 6.07) is 11.3. The van der Waals surface area contributed by atoms with Crippen molar-refractivity contribution in [2.24, 2.45) is 10.7 Å². The fourth-order valence-corrected chi connectivity index (χ4v) is 5.87. The maximum absolute atomic E-state index is 13.4. The van der Waals surface area contributed by atoms with Crippen LogP contribution in [0.5, 0.6) is 5.75 Å². The summed E-state index contributed by atoms with van der Waals surface area (Å²) in [4.78, 5) is 41.1. The number of nitrogens with zero attached hydrogens (tertiary/aromatic N) is 3. The molecule has 3 rings (SSSR count). The molecule has 1 amide bonds. The van der Waals surface area contributed by atoms with Gasteiger partial charge >= 0.3 is 18.0 Å². The Hall–Kier alpha value is -3.56. The van der Waals surface area contributed by atoms with Gasteiger partial charge in [-0.25, -0.2) is 13.2 Å². The number of aliphatic imine (C=N–C) groups is 1. The summed E-state index contributed by atoms with van der Waals surface area (Å²) in [6.07, 6.45) is 4.01. The molecule has 13 nitrogen and oxygen atoms in total. The van der Waals surface area contributed by atoms with Gasteiger partial charge in [0.25, 0.3) is 0 Å². The van der Waals surface area contributed by atoms with Crippen LogP contribution in [0.4, 0.5) is 10.5 Å². The number of sulfonamides is 1. The van der Waals surface area contributed by atoms with Gasteiger partial charge in [-0.1, -0.05) is 48.9 Å². The maximum atomic E-state index is 13.4. The van der Waals surface area contributed by atoms with Crippen LogP contribution in [0.3, 0.4) is 0 Å². The summed E-state index contributed by atoms with van der Waals surface area (Å²) >= 11 is 6.54. The minimum absolute atomic E-state index is 0. The van der Waals surface area contributed by atoms with Crippen LogP contribution < -0.4 is 14.8 Å². The predicted octanol–water partition coefficient (Wildman–Crippen LogP) is 4.82. The third-order valence-corrected chi connectivity index (χ3v) is 8.70. The fraction of sp³-hybridized carbons (Fsp3) is 0.419. The van der Waals surface area contributed by atoms with Crippen molar-refractivity contribution in [3.05, 3.63) is 64.7 Å². The Morgan fingerprint density at radius 3 is 2.40 bits per heavy atom. The number of rotatable bonds is 14. The third kappa shape index (κ3) is 13.5. The van der Waals surface area contributed by atoms with E-state index < -0.39 is 40.6 Å². The van der Waals surface area contributed by atoms with Crippen LogP contribution >= 0.6 is 36.4 Å². The molecule has 0 saturated carbocycles. The van der Waals surface area contributed by atoms with Crippen molar-refractivity contribution in [3.63, 3.8) is 0 Å². The Morgan fingerprint density at radius 1 is 1.04 bits per heavy atom. The Bertz CT molecular complexity index is 1550. The molecule has 48 heavy (non-hydrogen) atoms. The van der Waals surface area contributed by atoms with E-state index in [9.17, 15) is 22.8 Å². The number of hydrogen-bond donors (Lipinski definition) is 1. The van der Waals surface area contributed by atoms with Crippen molar-refractivity contribution >= 4 is 82.1 Å². The van der Waals surface area contributed by atoms with Crippen LogP contribution in [-0.2, 0) is 33.8 Å². The third-order valence-electron chi connectivity index (χ3n) is 6.77. The second-order valence-corrected chi connectivity index (χ2v) is 12.6. The number of halogens is 3. The summed E-state index contributed by atoms with van der Waals surface area (Å²) in [7, 11) is -2.13. The largest absolute Gasteiger partial charge is 0.489 e. The van der Waals surface area contributed by atoms with Gasteiger partial charge in [-0.2, -0.15) is 4.99 Å². The summed E-state index contributed by atoms with van der Waals surface area (Å²) < 4.78 is 48.2. The molecule has 0 radical (unpaired) electrons. The first-order valence-corrected chi connectivity index (χ1v) is 16.6. The zero-order chi connectivity index (χ0) is 33.7. The van der Waals surface area contributed by atoms with Crippen molar-refractivity contribution in [2.75, 3.05) is 50.1 Å². The number of anilines is 1. The highest BCUT2D eigenvalue weighted by Crippen LogP contribution is 2.32. The highest BCUT2D eigenvalue weighted by Gasteiger charge is 2.27. The molecule has 1 fully saturated rings. The van der Waals surface area contributed by atoms with Gasteiger partial charge in [-0.3, -0.25) is 13.9 Å². The molecule has 0 aliphatic carbocycles. The lowest BCUT2D eigenvalue weighted by molar-refractivity contribution is -0.151. The van der Waals surface area contributed by atoms with Gasteiger partial charge in [-0.15, -0.1) is 24.8 Å². The SMILES string of the molecule is CCOC(=O)CS(=O)(=O)N(C/C=C/c1cccc(/C(N)=N/C(=O)OCOC(=O)CC)c1)c1ccc(OC2CCN(C)CC2)c(Cl)c1.Cl.Cl. The number of carbonyl (C=O) groups is 3. The molecule has 17 heteroatoms. The van der Waals surface area contributed by atoms with E-state index in [-0.39, 0.29) is 67.0 Å². The highest BCUT2D eigenvalue weighted by molar-refractivity contribution is 7.93. The molecule has 0 unspecified atom stereocenters. The van der Waals surface area contributed by atoms with Crippen molar-refractivity contribution in [1.82, 2.24) is 4.90 Å². The molecule has 2 N–H and O–H groups in total. The van der Waals surface area contributed by atoms with Gasteiger partial charge in [0.2, 0.25) is 16.8 Å². The lowest BCUT2D eigenvalue weighted by Crippen LogP contribution is -2.36. The summed E-state index contributed by atoms with van der Waals surface area (Å²) in [5, 5.41) is 0.237. The number of benzene rings is 2. The first kappa shape index (κ1) is 42.5. The molecular formula is C31H41Cl3N4O9S. The number of amidine groups is 1. The van der Waals surface area contributed by atoms with E-state index in [0.717, 1.165) is 30.2 Å². The number of esters is 2. The van der Waals surface area contributed by atoms with Gasteiger partial charge in [0.05, 0.1) is 23.9 Å². The fourth-order valence-electron chi connectivity index (χ4n) is 4.36. The Balaban J connectivity index is 0.00000576. The molecule has 0 spiro atoms. The normalized spacial score (nSPS) is 14.0. The Labute approximate surface area is 298 Å². The van der Waals surface area contributed by atoms with Crippen molar-refractivity contribution in [1.29, 1.82) is 0 Å². The lowest BCUT2D eigenvalue weighted by Gasteiger charge is -2.30. The van der Waals surface area contributed by atoms with E-state index in [1.807, 2.05) is 0 Å². The average Bonchev–Trinajstić information content (AvgIpc) is 3.01. The molecule has 2 aromatic carbocycles. The van der Waals surface area contributed by atoms with E-state index in [4.69, 9.17) is 31.5 Å². The van der Waals surface area contributed by atoms with E-state index in [1.165, 1.54) is 6.07 Å². The van der Waals surface area contributed by atoms with Crippen LogP contribution in [0.2, 0.25) is 5.02 Å². The zero-order valence-corrected chi connectivity index (χ0v) is 30.0. The molecule has 1 aliphatic rings. The Kier molecular flexibility index (Phi) is 18.3. The molecule has 0 bridgehead atoms. The van der Waals surface area contributed by atoms with Gasteiger partial charge in [-0.05, 0) is 56.6 Å². The molecule has 2 aromatic rings. The molecular weight excluding hydrogens is 711 g/mol. The van der Waals surface area contributed by atoms with Crippen LogP contribution in [0.1, 0.15) is 44.2 Å². The second-order valence-electron chi connectivity index (χ2n) is 10.3. The number of amides is 1. The quantitative estimate of drug-likeness (QED) is 0.122. The van der Waals surface area contributed by atoms with Gasteiger partial charge in [0, 0.05) is 25.1 Å². The molecule has 266 valence electrons. The topological polar surface area (TPSA) is 167 Å². The first-order valence-electron chi connectivity index (χ1n) is 14.7. The number of ether oxygens (including phenoxy) is 4. The summed E-state index contributed by atoms with van der Waals surface area (Å²) in [5.41, 5.74) is 7.20. The van der Waals surface area contributed by atoms with Crippen molar-refractivity contribution in [3.8, 4) is 5.75 Å². The predicted molar refractivity (Wildman–Crippen MR) is 189 cm³/mol. The van der Waals surface area contributed by atoms with E-state index >= 15 is 0 Å². The first-order chi connectivity index (χ1) is 21.9. The van der Waals surface area contributed by atoms with Crippen LogP contribution in [0, 0.1) is 0 Å². The van der Waals surface area contributed by atoms with Crippen molar-refractivity contribution < 1.29 is 41.7 Å². The lowest BCUT2D eigenvalue weighted by atomic mass is 10.1. The number of piperidine rings is 1. The number of hydrogen-bond acceptors (Lipinski definition) is 10. The van der Waals surface area contributed by atoms with E-state index in [2.05, 4.69) is 21.7 Å². The minimum atomic E-state index is -4.18. The molecule has 1 heterocycles. The monoisotopic (exact) mass is 750 g/mol. The number of likely N-dealkylation sites (tertiary alicyclic amines) is 1. The summed E-state index contributed by atoms with van der Waals surface area (Å²) in [5.74, 6) is -1.97. The second kappa shape index (κ2) is 20.7. The molecule has 1 saturated heterocycles. The smallest absolute Gasteiger partial charge is 0.438 e. The van der Waals surface area contributed by atoms with Crippen LogP contribution in [-0.4, -0.2) is 89.1 Å². The summed E-state index contributed by atoms with van der Waals surface area (Å²) in [6.45, 7) is 4.30. The Morgan fingerprint density at radius 2 is 1.75 bits per heavy atom. The van der Waals surface area contributed by atoms with E-state index in [1.54, 1.807) is 62.4 Å². The number of carbonyl (C=O) groups excluding carboxylic acids is 3. The van der Waals surface area contributed by atoms with Gasteiger partial charge in [0.15, 0.2) is 5.75 Å².